The maximum absolute atomic E-state index is 5.35. The van der Waals surface area contributed by atoms with Gasteiger partial charge in [0.15, 0.2) is 0 Å². The molecule has 0 saturated heterocycles. The van der Waals surface area contributed by atoms with E-state index in [4.69, 9.17) is 33.7 Å². The van der Waals surface area contributed by atoms with E-state index in [9.17, 15) is 0 Å². The molecule has 18 rings (SSSR count). The number of fused-ring (bicyclic) bond motifs is 13. The van der Waals surface area contributed by atoms with Crippen LogP contribution in [0.2, 0.25) is 0 Å². The summed E-state index contributed by atoms with van der Waals surface area (Å²) < 4.78 is 18.5. The number of benzene rings is 9. The monoisotopic (exact) mass is 1190 g/mol. The third kappa shape index (κ3) is 9.31. The minimum atomic E-state index is 0.800. The van der Waals surface area contributed by atoms with Crippen LogP contribution in [0.25, 0.3) is 177 Å². The average Bonchev–Trinajstić information content (AvgIpc) is 1.23. The molecule has 420 valence electrons. The third-order valence-electron chi connectivity index (χ3n) is 16.6. The van der Waals surface area contributed by atoms with Crippen LogP contribution in [0.3, 0.4) is 0 Å². The summed E-state index contributed by atoms with van der Waals surface area (Å²) in [6, 6.07) is 89.3. The lowest BCUT2D eigenvalue weighted by Crippen LogP contribution is -1.95. The number of hydrogen-bond donors (Lipinski definition) is 0. The lowest BCUT2D eigenvalue weighted by Gasteiger charge is -2.14. The number of nitrogens with zero attached hydrogens (tertiary/aromatic N) is 11. The van der Waals surface area contributed by atoms with Crippen LogP contribution in [0.15, 0.2) is 273 Å². The van der Waals surface area contributed by atoms with Crippen LogP contribution in [0.5, 0.6) is 0 Å². The van der Waals surface area contributed by atoms with E-state index >= 15 is 0 Å². The van der Waals surface area contributed by atoms with Crippen LogP contribution in [-0.4, -0.2) is 52.4 Å². The maximum Gasteiger partial charge on any atom is 0.113 e. The van der Waals surface area contributed by atoms with E-state index in [1.165, 1.54) is 23.5 Å². The number of rotatable bonds is 8. The Morgan fingerprint density at radius 3 is 1.23 bits per heavy atom. The zero-order valence-electron chi connectivity index (χ0n) is 47.7. The summed E-state index contributed by atoms with van der Waals surface area (Å²) in [5, 5.41) is 8.49. The van der Waals surface area contributed by atoms with Crippen molar-refractivity contribution in [2.75, 3.05) is 0 Å². The molecule has 11 nitrogen and oxygen atoms in total. The molecule has 0 N–H and O–H groups in total. The first kappa shape index (κ1) is 52.5. The summed E-state index contributed by atoms with van der Waals surface area (Å²) in [6.07, 6.45) is 3.58. The van der Waals surface area contributed by atoms with Gasteiger partial charge in [0.25, 0.3) is 0 Å². The van der Waals surface area contributed by atoms with Gasteiger partial charge in [-0.2, -0.15) is 17.5 Å². The molecular weight excluding hydrogens is 1140 g/mol. The predicted octanol–water partition coefficient (Wildman–Crippen LogP) is 19.4. The van der Waals surface area contributed by atoms with Gasteiger partial charge in [-0.25, -0.2) is 24.9 Å². The van der Waals surface area contributed by atoms with E-state index in [0.717, 1.165) is 177 Å². The normalized spacial score (nSPS) is 11.6. The minimum absolute atomic E-state index is 0.800. The second-order valence-corrected chi connectivity index (χ2v) is 23.0. The van der Waals surface area contributed by atoms with Gasteiger partial charge in [-0.15, -0.1) is 0 Å². The van der Waals surface area contributed by atoms with Gasteiger partial charge in [0.05, 0.1) is 91.1 Å². The fraction of sp³-hybridized carbons (Fsp3) is 0. The summed E-state index contributed by atoms with van der Waals surface area (Å²) in [4.78, 5) is 35.1. The third-order valence-corrected chi connectivity index (χ3v) is 17.7. The Morgan fingerprint density at radius 2 is 0.700 bits per heavy atom. The first-order chi connectivity index (χ1) is 44.6. The van der Waals surface area contributed by atoms with Gasteiger partial charge in [-0.3, -0.25) is 9.97 Å². The molecule has 9 aromatic carbocycles. The summed E-state index contributed by atoms with van der Waals surface area (Å²) >= 11 is 2.49. The van der Waals surface area contributed by atoms with Crippen molar-refractivity contribution < 1.29 is 0 Å². The fourth-order valence-corrected chi connectivity index (χ4v) is 13.4. The number of para-hydroxylation sites is 2. The van der Waals surface area contributed by atoms with E-state index in [0.29, 0.717) is 0 Å². The van der Waals surface area contributed by atoms with Crippen molar-refractivity contribution >= 4 is 111 Å². The Morgan fingerprint density at radius 1 is 0.233 bits per heavy atom. The van der Waals surface area contributed by atoms with Gasteiger partial charge in [0.2, 0.25) is 0 Å². The Bertz CT molecular complexity index is 5720. The largest absolute Gasteiger partial charge is 0.255 e. The van der Waals surface area contributed by atoms with Crippen molar-refractivity contribution in [3.8, 4) is 90.1 Å². The molecule has 9 aromatic heterocycles. The van der Waals surface area contributed by atoms with Gasteiger partial charge in [-0.1, -0.05) is 188 Å². The van der Waals surface area contributed by atoms with Crippen molar-refractivity contribution in [1.82, 2.24) is 52.4 Å². The molecule has 13 heteroatoms. The molecule has 0 unspecified atom stereocenters. The van der Waals surface area contributed by atoms with Crippen LogP contribution < -0.4 is 0 Å². The smallest absolute Gasteiger partial charge is 0.113 e. The van der Waals surface area contributed by atoms with E-state index in [1.54, 1.807) is 12.4 Å². The van der Waals surface area contributed by atoms with E-state index in [-0.39, 0.29) is 0 Å². The zero-order valence-corrected chi connectivity index (χ0v) is 49.3. The molecule has 0 atom stereocenters. The van der Waals surface area contributed by atoms with Crippen LogP contribution >= 0.6 is 23.5 Å². The SMILES string of the molecule is c1ccc(-c2ccc3ccc4ccc(-c5cccc6c5nc(-c5ccccc5)c5ccc7nsnc7c56)nc4c3n2)cc1.c1ccc(-c2nc3c(-c4ccc(-c5cc(-c6ccccn6)nc(-c6ccccn6)c5)cc4)cccc3c3c2ccc2nsnc23)cc1. The van der Waals surface area contributed by atoms with Gasteiger partial charge in [-0.05, 0) is 89.5 Å². The van der Waals surface area contributed by atoms with Gasteiger partial charge >= 0.3 is 0 Å². The van der Waals surface area contributed by atoms with Crippen molar-refractivity contribution in [1.29, 1.82) is 0 Å². The lowest BCUT2D eigenvalue weighted by atomic mass is 9.94. The molecule has 0 fully saturated rings. The van der Waals surface area contributed by atoms with Crippen molar-refractivity contribution in [2.24, 2.45) is 0 Å². The molecule has 0 radical (unpaired) electrons. The summed E-state index contributed by atoms with van der Waals surface area (Å²) in [7, 11) is 0. The summed E-state index contributed by atoms with van der Waals surface area (Å²) in [5.41, 5.74) is 22.5. The van der Waals surface area contributed by atoms with Crippen LogP contribution in [0.4, 0.5) is 0 Å². The molecule has 0 bridgehead atoms. The maximum atomic E-state index is 5.35. The molecule has 0 aliphatic heterocycles. The molecule has 0 aliphatic rings. The Balaban J connectivity index is 0.000000139. The highest BCUT2D eigenvalue weighted by Gasteiger charge is 2.21. The first-order valence-corrected chi connectivity index (χ1v) is 30.9. The molecule has 18 aromatic rings. The predicted molar refractivity (Wildman–Crippen MR) is 368 cm³/mol. The molecule has 9 heterocycles. The average molecular weight is 1190 g/mol. The molecule has 0 amide bonds. The lowest BCUT2D eigenvalue weighted by molar-refractivity contribution is 1.22. The standard InChI is InChI=1S/C40H24N6S.C37H21N5S/c1-2-9-27(10-3-1)38-31-19-20-34-40(46-47-45-34)37(31)30-12-8-11-29(39(30)44-38)26-17-15-25(16-18-26)28-23-35(32-13-4-6-21-41-32)43-36(24-28)33-14-5-7-22-42-33;1-3-8-22(9-4-1)29-19-16-24-14-15-25-17-20-30(39-35(25)34(24)38-29)26-12-7-13-27-32-28(18-21-31-37(32)42-43-41-31)33(40-36(26)27)23-10-5-2-6-11-23/h1-24H;1-21H. The number of hydrogen-bond acceptors (Lipinski definition) is 13. The highest BCUT2D eigenvalue weighted by molar-refractivity contribution is 7.00. The van der Waals surface area contributed by atoms with Crippen molar-refractivity contribution in [3.05, 3.63) is 273 Å². The molecular formula is C77H45N11S2. The Labute approximate surface area is 523 Å². The number of pyridine rings is 7. The topological polar surface area (TPSA) is 142 Å². The second kappa shape index (κ2) is 22.2. The van der Waals surface area contributed by atoms with Crippen LogP contribution in [0.1, 0.15) is 0 Å². The van der Waals surface area contributed by atoms with Crippen molar-refractivity contribution in [3.63, 3.8) is 0 Å². The Kier molecular flexibility index (Phi) is 13.0. The summed E-state index contributed by atoms with van der Waals surface area (Å²) in [5.74, 6) is 0. The van der Waals surface area contributed by atoms with Gasteiger partial charge < -0.3 is 0 Å². The molecule has 0 aliphatic carbocycles. The van der Waals surface area contributed by atoms with Gasteiger partial charge in [0.1, 0.15) is 22.1 Å². The quantitative estimate of drug-likeness (QED) is 0.134. The highest BCUT2D eigenvalue weighted by Crippen LogP contribution is 2.43. The van der Waals surface area contributed by atoms with E-state index < -0.39 is 0 Å². The van der Waals surface area contributed by atoms with Crippen molar-refractivity contribution in [2.45, 2.75) is 0 Å². The number of aromatic nitrogens is 11. The fourth-order valence-electron chi connectivity index (χ4n) is 12.3. The highest BCUT2D eigenvalue weighted by atomic mass is 32.1. The Hall–Kier alpha value is -11.8. The van der Waals surface area contributed by atoms with E-state index in [1.807, 2.05) is 78.9 Å². The van der Waals surface area contributed by atoms with E-state index in [2.05, 4.69) is 201 Å². The van der Waals surface area contributed by atoms with Crippen LogP contribution in [-0.2, 0) is 0 Å². The molecule has 0 saturated carbocycles. The molecule has 0 spiro atoms. The molecule has 90 heavy (non-hydrogen) atoms. The summed E-state index contributed by atoms with van der Waals surface area (Å²) in [6.45, 7) is 0. The zero-order chi connectivity index (χ0) is 59.5. The second-order valence-electron chi connectivity index (χ2n) is 21.9. The first-order valence-electron chi connectivity index (χ1n) is 29.4. The van der Waals surface area contributed by atoms with Crippen LogP contribution in [0, 0.1) is 0 Å². The van der Waals surface area contributed by atoms with Gasteiger partial charge in [0, 0.05) is 83.3 Å². The minimum Gasteiger partial charge on any atom is -0.255 e.